The van der Waals surface area contributed by atoms with Gasteiger partial charge in [0.15, 0.2) is 5.13 Å². The SMILES string of the molecule is Cc1nc(CC2CCCN(C(=O)Cc3ccccc3)C2)cc(Nc2ncc(C)s2)n1. The number of likely N-dealkylation sites (tertiary alicyclic amines) is 1. The van der Waals surface area contributed by atoms with E-state index in [1.807, 2.05) is 61.3 Å². The van der Waals surface area contributed by atoms with E-state index >= 15 is 0 Å². The molecule has 0 aliphatic carbocycles. The van der Waals surface area contributed by atoms with Crippen LogP contribution in [0.15, 0.2) is 42.6 Å². The Kier molecular flexibility index (Phi) is 6.38. The van der Waals surface area contributed by atoms with Gasteiger partial charge in [-0.25, -0.2) is 15.0 Å². The van der Waals surface area contributed by atoms with Gasteiger partial charge in [-0.2, -0.15) is 0 Å². The summed E-state index contributed by atoms with van der Waals surface area (Å²) in [6.07, 6.45) is 5.34. The third-order valence-electron chi connectivity index (χ3n) is 5.31. The molecule has 0 saturated carbocycles. The van der Waals surface area contributed by atoms with Crippen molar-refractivity contribution in [1.29, 1.82) is 0 Å². The number of nitrogens with one attached hydrogen (secondary N) is 1. The molecule has 1 fully saturated rings. The average Bonchev–Trinajstić information content (AvgIpc) is 3.13. The van der Waals surface area contributed by atoms with Gasteiger partial charge in [-0.15, -0.1) is 11.3 Å². The second kappa shape index (κ2) is 9.34. The Bertz CT molecular complexity index is 1000. The molecule has 1 aliphatic rings. The summed E-state index contributed by atoms with van der Waals surface area (Å²) in [5, 5.41) is 4.13. The number of thiazole rings is 1. The quantitative estimate of drug-likeness (QED) is 0.642. The first kappa shape index (κ1) is 20.5. The van der Waals surface area contributed by atoms with Gasteiger partial charge in [0.25, 0.3) is 0 Å². The van der Waals surface area contributed by atoms with Crippen molar-refractivity contribution in [1.82, 2.24) is 19.9 Å². The molecule has 6 nitrogen and oxygen atoms in total. The fourth-order valence-electron chi connectivity index (χ4n) is 3.96. The highest BCUT2D eigenvalue weighted by Gasteiger charge is 2.24. The number of piperidine rings is 1. The molecule has 4 rings (SSSR count). The van der Waals surface area contributed by atoms with E-state index in [4.69, 9.17) is 0 Å². The van der Waals surface area contributed by atoms with E-state index in [9.17, 15) is 4.79 Å². The second-order valence-corrected chi connectivity index (χ2v) is 9.14. The Balaban J connectivity index is 1.39. The van der Waals surface area contributed by atoms with Gasteiger partial charge < -0.3 is 10.2 Å². The fraction of sp³-hybridized carbons (Fsp3) is 0.391. The Morgan fingerprint density at radius 1 is 1.23 bits per heavy atom. The molecular weight excluding hydrogens is 394 g/mol. The van der Waals surface area contributed by atoms with Crippen LogP contribution in [0.3, 0.4) is 0 Å². The van der Waals surface area contributed by atoms with Gasteiger partial charge in [-0.1, -0.05) is 30.3 Å². The molecule has 30 heavy (non-hydrogen) atoms. The first-order valence-corrected chi connectivity index (χ1v) is 11.2. The summed E-state index contributed by atoms with van der Waals surface area (Å²) in [6, 6.07) is 12.0. The minimum absolute atomic E-state index is 0.214. The van der Waals surface area contributed by atoms with E-state index < -0.39 is 0 Å². The summed E-state index contributed by atoms with van der Waals surface area (Å²) in [5.74, 6) is 2.16. The maximum absolute atomic E-state index is 12.8. The number of nitrogens with zero attached hydrogens (tertiary/aromatic N) is 4. The van der Waals surface area contributed by atoms with Gasteiger partial charge in [0.2, 0.25) is 5.91 Å². The Hall–Kier alpha value is -2.80. The van der Waals surface area contributed by atoms with Crippen LogP contribution in [0.2, 0.25) is 0 Å². The van der Waals surface area contributed by atoms with Crippen molar-refractivity contribution in [3.05, 3.63) is 64.6 Å². The van der Waals surface area contributed by atoms with E-state index in [1.54, 1.807) is 11.3 Å². The van der Waals surface area contributed by atoms with Gasteiger partial charge in [0.05, 0.1) is 6.42 Å². The molecular formula is C23H27N5OS. The molecule has 1 aromatic carbocycles. The average molecular weight is 422 g/mol. The first-order valence-electron chi connectivity index (χ1n) is 10.4. The lowest BCUT2D eigenvalue weighted by Crippen LogP contribution is -2.41. The predicted octanol–water partition coefficient (Wildman–Crippen LogP) is 4.32. The summed E-state index contributed by atoms with van der Waals surface area (Å²) in [4.78, 5) is 29.4. The van der Waals surface area contributed by atoms with Crippen molar-refractivity contribution in [2.24, 2.45) is 5.92 Å². The molecule has 1 N–H and O–H groups in total. The summed E-state index contributed by atoms with van der Waals surface area (Å²) in [6.45, 7) is 5.59. The number of aromatic nitrogens is 3. The van der Waals surface area contributed by atoms with E-state index in [-0.39, 0.29) is 5.91 Å². The lowest BCUT2D eigenvalue weighted by Gasteiger charge is -2.33. The smallest absolute Gasteiger partial charge is 0.226 e. The molecule has 0 spiro atoms. The highest BCUT2D eigenvalue weighted by atomic mass is 32.1. The number of hydrogen-bond donors (Lipinski definition) is 1. The van der Waals surface area contributed by atoms with Gasteiger partial charge in [-0.05, 0) is 44.6 Å². The zero-order chi connectivity index (χ0) is 20.9. The van der Waals surface area contributed by atoms with Gasteiger partial charge in [0.1, 0.15) is 11.6 Å². The van der Waals surface area contributed by atoms with Crippen LogP contribution in [0, 0.1) is 19.8 Å². The van der Waals surface area contributed by atoms with Crippen LogP contribution in [-0.2, 0) is 17.6 Å². The minimum atomic E-state index is 0.214. The summed E-state index contributed by atoms with van der Waals surface area (Å²) in [5.41, 5.74) is 2.09. The van der Waals surface area contributed by atoms with Crippen LogP contribution in [0.1, 0.15) is 34.8 Å². The lowest BCUT2D eigenvalue weighted by molar-refractivity contribution is -0.132. The normalized spacial score (nSPS) is 16.5. The second-order valence-electron chi connectivity index (χ2n) is 7.91. The number of anilines is 2. The maximum Gasteiger partial charge on any atom is 0.226 e. The predicted molar refractivity (Wildman–Crippen MR) is 120 cm³/mol. The fourth-order valence-corrected chi connectivity index (χ4v) is 4.63. The largest absolute Gasteiger partial charge is 0.342 e. The molecule has 1 saturated heterocycles. The molecule has 2 aromatic heterocycles. The zero-order valence-electron chi connectivity index (χ0n) is 17.5. The molecule has 3 aromatic rings. The molecule has 0 radical (unpaired) electrons. The number of carbonyl (C=O) groups is 1. The van der Waals surface area contributed by atoms with E-state index in [2.05, 4.69) is 20.3 Å². The van der Waals surface area contributed by atoms with Crippen molar-refractivity contribution in [2.75, 3.05) is 18.4 Å². The number of amides is 1. The van der Waals surface area contributed by atoms with E-state index in [0.717, 1.165) is 65.3 Å². The molecule has 0 bridgehead atoms. The molecule has 7 heteroatoms. The topological polar surface area (TPSA) is 71.0 Å². The molecule has 1 amide bonds. The van der Waals surface area contributed by atoms with Gasteiger partial charge in [-0.3, -0.25) is 4.79 Å². The number of hydrogen-bond acceptors (Lipinski definition) is 6. The van der Waals surface area contributed by atoms with Crippen LogP contribution in [0.4, 0.5) is 10.9 Å². The van der Waals surface area contributed by atoms with E-state index in [0.29, 0.717) is 12.3 Å². The lowest BCUT2D eigenvalue weighted by atomic mass is 9.93. The van der Waals surface area contributed by atoms with Crippen molar-refractivity contribution in [3.63, 3.8) is 0 Å². The monoisotopic (exact) mass is 421 g/mol. The van der Waals surface area contributed by atoms with Gasteiger partial charge in [0, 0.05) is 35.9 Å². The Labute approximate surface area is 181 Å². The van der Waals surface area contributed by atoms with Crippen LogP contribution in [0.5, 0.6) is 0 Å². The van der Waals surface area contributed by atoms with Crippen LogP contribution < -0.4 is 5.32 Å². The minimum Gasteiger partial charge on any atom is -0.342 e. The highest BCUT2D eigenvalue weighted by Crippen LogP contribution is 2.24. The van der Waals surface area contributed by atoms with Crippen molar-refractivity contribution >= 4 is 28.2 Å². The number of benzene rings is 1. The molecule has 1 aliphatic heterocycles. The summed E-state index contributed by atoms with van der Waals surface area (Å²) >= 11 is 1.61. The van der Waals surface area contributed by atoms with Crippen LogP contribution in [-0.4, -0.2) is 38.8 Å². The van der Waals surface area contributed by atoms with Gasteiger partial charge >= 0.3 is 0 Å². The highest BCUT2D eigenvalue weighted by molar-refractivity contribution is 7.15. The maximum atomic E-state index is 12.8. The zero-order valence-corrected chi connectivity index (χ0v) is 18.3. The summed E-state index contributed by atoms with van der Waals surface area (Å²) < 4.78 is 0. The van der Waals surface area contributed by atoms with Crippen molar-refractivity contribution < 1.29 is 4.79 Å². The van der Waals surface area contributed by atoms with Crippen LogP contribution in [0.25, 0.3) is 0 Å². The third-order valence-corrected chi connectivity index (χ3v) is 6.14. The first-order chi connectivity index (χ1) is 14.5. The third kappa shape index (κ3) is 5.42. The molecule has 156 valence electrons. The number of rotatable bonds is 6. The molecule has 1 atom stereocenters. The molecule has 1 unspecified atom stereocenters. The Morgan fingerprint density at radius 3 is 2.83 bits per heavy atom. The van der Waals surface area contributed by atoms with E-state index in [1.165, 1.54) is 0 Å². The van der Waals surface area contributed by atoms with Crippen molar-refractivity contribution in [2.45, 2.75) is 39.5 Å². The summed E-state index contributed by atoms with van der Waals surface area (Å²) in [7, 11) is 0. The standard InChI is InChI=1S/C23H27N5OS/c1-16-14-24-23(30-16)27-21-13-20(25-17(2)26-21)11-19-9-6-10-28(15-19)22(29)12-18-7-4-3-5-8-18/h3-5,7-8,13-14,19H,6,9-12,15H2,1-2H3,(H,24,25,26,27). The molecule has 3 heterocycles. The number of carbonyl (C=O) groups excluding carboxylic acids is 1. The Morgan fingerprint density at radius 2 is 2.07 bits per heavy atom. The number of aryl methyl sites for hydroxylation is 2. The van der Waals surface area contributed by atoms with Crippen LogP contribution >= 0.6 is 11.3 Å². The van der Waals surface area contributed by atoms with Crippen molar-refractivity contribution in [3.8, 4) is 0 Å².